The summed E-state index contributed by atoms with van der Waals surface area (Å²) in [7, 11) is 0. The van der Waals surface area contributed by atoms with Crippen LogP contribution < -0.4 is 0 Å². The monoisotopic (exact) mass is 861 g/mol. The van der Waals surface area contributed by atoms with Crippen LogP contribution in [0.4, 0.5) is 0 Å². The zero-order valence-electron chi connectivity index (χ0n) is 41.4. The second-order valence-corrected chi connectivity index (χ2v) is 19.2. The molecule has 0 unspecified atom stereocenters. The number of hydrogen-bond acceptors (Lipinski definition) is 6. The normalized spacial score (nSPS) is 13.1. The zero-order chi connectivity index (χ0) is 44.3. The maximum atomic E-state index is 13.4. The van der Waals surface area contributed by atoms with Crippen LogP contribution in [0.15, 0.2) is 0 Å². The number of nitrogens with zero attached hydrogens (tertiary/aromatic N) is 2. The summed E-state index contributed by atoms with van der Waals surface area (Å²) in [6.45, 7) is 14.5. The Bertz CT molecular complexity index is 958. The molecule has 1 fully saturated rings. The van der Waals surface area contributed by atoms with Crippen LogP contribution in [0.1, 0.15) is 278 Å². The summed E-state index contributed by atoms with van der Waals surface area (Å²) in [5.74, 6) is 1.07. The number of rotatable bonds is 46. The van der Waals surface area contributed by atoms with Gasteiger partial charge in [-0.1, -0.05) is 182 Å². The Balaban J connectivity index is 2.33. The van der Waals surface area contributed by atoms with Gasteiger partial charge in [-0.25, -0.2) is 0 Å². The third-order valence-corrected chi connectivity index (χ3v) is 13.3. The maximum Gasteiger partial charge on any atom is 0.306 e. The fraction of sp³-hybridized carbons (Fsp3) is 0.944. The van der Waals surface area contributed by atoms with E-state index in [2.05, 4.69) is 37.5 Å². The first kappa shape index (κ1) is 57.4. The fourth-order valence-corrected chi connectivity index (χ4v) is 9.22. The van der Waals surface area contributed by atoms with Gasteiger partial charge < -0.3 is 19.3 Å². The van der Waals surface area contributed by atoms with Crippen LogP contribution in [0.25, 0.3) is 0 Å². The molecule has 7 nitrogen and oxygen atoms in total. The quantitative estimate of drug-likeness (QED) is 0.0448. The van der Waals surface area contributed by atoms with Gasteiger partial charge in [0.25, 0.3) is 0 Å². The molecule has 7 heteroatoms. The minimum Gasteiger partial charge on any atom is -0.466 e. The Labute approximate surface area is 379 Å². The van der Waals surface area contributed by atoms with Crippen LogP contribution in [-0.2, 0) is 23.9 Å². The number of amides is 1. The van der Waals surface area contributed by atoms with E-state index in [0.29, 0.717) is 31.8 Å². The number of ether oxygens (including phenoxy) is 2. The average molecular weight is 861 g/mol. The predicted octanol–water partition coefficient (Wildman–Crippen LogP) is 15.5. The average Bonchev–Trinajstić information content (AvgIpc) is 3.79. The van der Waals surface area contributed by atoms with Gasteiger partial charge in [0.15, 0.2) is 0 Å². The van der Waals surface area contributed by atoms with Crippen molar-refractivity contribution in [3.05, 3.63) is 0 Å². The van der Waals surface area contributed by atoms with Crippen molar-refractivity contribution in [3.63, 3.8) is 0 Å². The molecule has 0 atom stereocenters. The van der Waals surface area contributed by atoms with Crippen molar-refractivity contribution in [3.8, 4) is 0 Å². The van der Waals surface area contributed by atoms with Gasteiger partial charge in [-0.3, -0.25) is 14.4 Å². The molecule has 360 valence electrons. The molecule has 0 bridgehead atoms. The van der Waals surface area contributed by atoms with Gasteiger partial charge in [-0.2, -0.15) is 0 Å². The van der Waals surface area contributed by atoms with Crippen LogP contribution in [0, 0.1) is 5.92 Å². The van der Waals surface area contributed by atoms with E-state index in [4.69, 9.17) is 9.47 Å². The molecule has 1 heterocycles. The third kappa shape index (κ3) is 36.4. The lowest BCUT2D eigenvalue weighted by Crippen LogP contribution is -2.35. The van der Waals surface area contributed by atoms with Crippen LogP contribution in [0.2, 0.25) is 0 Å². The summed E-state index contributed by atoms with van der Waals surface area (Å²) in [6, 6.07) is 0. The number of carbonyl (C=O) groups excluding carboxylic acids is 3. The minimum absolute atomic E-state index is 0.00145. The number of likely N-dealkylation sites (tertiary alicyclic amines) is 1. The van der Waals surface area contributed by atoms with Crippen molar-refractivity contribution in [2.24, 2.45) is 5.92 Å². The van der Waals surface area contributed by atoms with Crippen LogP contribution in [0.3, 0.4) is 0 Å². The highest BCUT2D eigenvalue weighted by molar-refractivity contribution is 5.76. The van der Waals surface area contributed by atoms with Crippen LogP contribution in [-0.4, -0.2) is 73.1 Å². The maximum absolute atomic E-state index is 13.4. The number of esters is 2. The lowest BCUT2D eigenvalue weighted by molar-refractivity contribution is -0.150. The molecule has 0 aliphatic carbocycles. The van der Waals surface area contributed by atoms with E-state index in [1.165, 1.54) is 148 Å². The molecule has 1 amide bonds. The Morgan fingerprint density at radius 2 is 0.869 bits per heavy atom. The summed E-state index contributed by atoms with van der Waals surface area (Å²) >= 11 is 0. The van der Waals surface area contributed by atoms with Gasteiger partial charge >= 0.3 is 11.9 Å². The van der Waals surface area contributed by atoms with Gasteiger partial charge in [-0.15, -0.1) is 0 Å². The van der Waals surface area contributed by atoms with E-state index in [1.807, 2.05) is 0 Å². The molecule has 0 spiro atoms. The van der Waals surface area contributed by atoms with Crippen molar-refractivity contribution >= 4 is 17.8 Å². The molecule has 1 aliphatic heterocycles. The Kier molecular flexibility index (Phi) is 41.0. The molecule has 1 saturated heterocycles. The highest BCUT2D eigenvalue weighted by atomic mass is 16.5. The largest absolute Gasteiger partial charge is 0.466 e. The van der Waals surface area contributed by atoms with E-state index in [9.17, 15) is 14.4 Å². The first-order valence-corrected chi connectivity index (χ1v) is 27.3. The topological polar surface area (TPSA) is 76.1 Å². The van der Waals surface area contributed by atoms with Gasteiger partial charge in [0.05, 0.1) is 6.61 Å². The van der Waals surface area contributed by atoms with E-state index >= 15 is 0 Å². The van der Waals surface area contributed by atoms with Crippen molar-refractivity contribution in [1.82, 2.24) is 9.80 Å². The smallest absolute Gasteiger partial charge is 0.306 e. The molecular weight excluding hydrogens is 757 g/mol. The van der Waals surface area contributed by atoms with Crippen LogP contribution >= 0.6 is 0 Å². The van der Waals surface area contributed by atoms with Crippen molar-refractivity contribution in [2.45, 2.75) is 284 Å². The Morgan fingerprint density at radius 3 is 1.39 bits per heavy atom. The zero-order valence-corrected chi connectivity index (χ0v) is 41.4. The first-order chi connectivity index (χ1) is 29.9. The van der Waals surface area contributed by atoms with E-state index in [0.717, 1.165) is 122 Å². The Morgan fingerprint density at radius 1 is 0.459 bits per heavy atom. The highest BCUT2D eigenvalue weighted by Crippen LogP contribution is 2.23. The molecule has 0 aromatic rings. The van der Waals surface area contributed by atoms with Gasteiger partial charge in [0.2, 0.25) is 5.91 Å². The standard InChI is InChI=1S/C54H104N2O5/c1-5-9-13-15-19-27-39-51(40-28-20-16-14-10-6-2)61-54(59)42-30-22-18-24-32-47-56(52(57)43-48-55-44-33-34-45-55)46-31-23-17-21-29-41-53(58)60-49-35-38-50(36-25-11-7-3)37-26-12-8-4/h50-51H,5-49H2,1-4H3. The molecule has 0 radical (unpaired) electrons. The number of hydrogen-bond donors (Lipinski definition) is 0. The summed E-state index contributed by atoms with van der Waals surface area (Å²) < 4.78 is 11.7. The van der Waals surface area contributed by atoms with Gasteiger partial charge in [-0.05, 0) is 96.1 Å². The minimum atomic E-state index is -0.0329. The summed E-state index contributed by atoms with van der Waals surface area (Å²) in [4.78, 5) is 43.2. The predicted molar refractivity (Wildman–Crippen MR) is 260 cm³/mol. The molecule has 1 aliphatic rings. The van der Waals surface area contributed by atoms with Gasteiger partial charge in [0, 0.05) is 38.9 Å². The molecule has 0 saturated carbocycles. The fourth-order valence-electron chi connectivity index (χ4n) is 9.22. The number of unbranched alkanes of at least 4 members (excludes halogenated alkanes) is 22. The molecule has 0 aromatic heterocycles. The molecule has 0 aromatic carbocycles. The van der Waals surface area contributed by atoms with E-state index < -0.39 is 0 Å². The second-order valence-electron chi connectivity index (χ2n) is 19.2. The summed E-state index contributed by atoms with van der Waals surface area (Å²) in [5.41, 5.74) is 0. The summed E-state index contributed by atoms with van der Waals surface area (Å²) in [5, 5.41) is 0. The Hall–Kier alpha value is -1.63. The van der Waals surface area contributed by atoms with Crippen LogP contribution in [0.5, 0.6) is 0 Å². The second kappa shape index (κ2) is 43.6. The third-order valence-electron chi connectivity index (χ3n) is 13.3. The first-order valence-electron chi connectivity index (χ1n) is 27.3. The van der Waals surface area contributed by atoms with Gasteiger partial charge in [0.1, 0.15) is 6.10 Å². The van der Waals surface area contributed by atoms with E-state index in [1.54, 1.807) is 0 Å². The SMILES string of the molecule is CCCCCCCCC(CCCCCCCC)OC(=O)CCCCCCCN(CCCCCCCC(=O)OCCCC(CCCCC)CCCCC)C(=O)CCN1CCCC1. The lowest BCUT2D eigenvalue weighted by Gasteiger charge is -2.24. The molecular formula is C54H104N2O5. The van der Waals surface area contributed by atoms with Crippen molar-refractivity contribution < 1.29 is 23.9 Å². The molecule has 61 heavy (non-hydrogen) atoms. The summed E-state index contributed by atoms with van der Waals surface area (Å²) in [6.07, 6.45) is 44.7. The lowest BCUT2D eigenvalue weighted by atomic mass is 9.91. The van der Waals surface area contributed by atoms with E-state index in [-0.39, 0.29) is 18.0 Å². The van der Waals surface area contributed by atoms with Crippen molar-refractivity contribution in [2.75, 3.05) is 39.3 Å². The number of carbonyl (C=O) groups is 3. The highest BCUT2D eigenvalue weighted by Gasteiger charge is 2.18. The molecule has 1 rings (SSSR count). The molecule has 0 N–H and O–H groups in total. The van der Waals surface area contributed by atoms with Crippen molar-refractivity contribution in [1.29, 1.82) is 0 Å².